The Bertz CT molecular complexity index is 1950. The minimum atomic E-state index is -0.416. The lowest BCUT2D eigenvalue weighted by Gasteiger charge is -2.34. The molecule has 1 heterocycles. The maximum atomic E-state index is 6.81. The van der Waals surface area contributed by atoms with Crippen molar-refractivity contribution in [3.05, 3.63) is 185 Å². The van der Waals surface area contributed by atoms with E-state index in [0.717, 1.165) is 33.4 Å². The van der Waals surface area contributed by atoms with Crippen LogP contribution < -0.4 is 23.7 Å². The van der Waals surface area contributed by atoms with Gasteiger partial charge in [0.1, 0.15) is 49.8 Å². The number of methoxy groups -OCH3 is 1. The minimum Gasteiger partial charge on any atom is -0.489 e. The van der Waals surface area contributed by atoms with Gasteiger partial charge in [-0.3, -0.25) is 0 Å². The van der Waals surface area contributed by atoms with Crippen LogP contribution in [0.2, 0.25) is 0 Å². The first kappa shape index (κ1) is 32.8. The monoisotopic (exact) mass is 664 g/mol. The van der Waals surface area contributed by atoms with Gasteiger partial charge in [-0.25, -0.2) is 0 Å². The third-order valence-electron chi connectivity index (χ3n) is 8.70. The van der Waals surface area contributed by atoms with Crippen LogP contribution in [0.4, 0.5) is 0 Å². The van der Waals surface area contributed by atoms with Crippen molar-refractivity contribution in [1.29, 1.82) is 0 Å². The van der Waals surface area contributed by atoms with Gasteiger partial charge in [-0.15, -0.1) is 0 Å². The second-order valence-electron chi connectivity index (χ2n) is 12.2. The molecule has 1 aliphatic rings. The van der Waals surface area contributed by atoms with Gasteiger partial charge in [-0.05, 0) is 39.9 Å². The second kappa shape index (κ2) is 16.1. The molecule has 0 unspecified atom stereocenters. The molecule has 0 spiro atoms. The molecule has 0 amide bonds. The molecule has 0 radical (unpaired) electrons. The quantitative estimate of drug-likeness (QED) is 0.116. The first-order valence-electron chi connectivity index (χ1n) is 16.9. The predicted molar refractivity (Wildman–Crippen MR) is 194 cm³/mol. The Balaban J connectivity index is 1.18. The van der Waals surface area contributed by atoms with Gasteiger partial charge >= 0.3 is 0 Å². The molecule has 0 saturated carbocycles. The van der Waals surface area contributed by atoms with Crippen LogP contribution in [0.1, 0.15) is 39.5 Å². The fourth-order valence-corrected chi connectivity index (χ4v) is 6.01. The predicted octanol–water partition coefficient (Wildman–Crippen LogP) is 9.69. The largest absolute Gasteiger partial charge is 0.489 e. The van der Waals surface area contributed by atoms with Gasteiger partial charge in [-0.1, -0.05) is 127 Å². The Morgan fingerprint density at radius 2 is 0.980 bits per heavy atom. The van der Waals surface area contributed by atoms with Crippen LogP contribution in [0.15, 0.2) is 152 Å². The van der Waals surface area contributed by atoms with Crippen molar-refractivity contribution in [2.45, 2.75) is 45.1 Å². The van der Waals surface area contributed by atoms with Crippen molar-refractivity contribution >= 4 is 0 Å². The van der Waals surface area contributed by atoms with Crippen LogP contribution in [0.3, 0.4) is 0 Å². The molecular formula is C44H40O6. The molecule has 6 aromatic rings. The summed E-state index contributed by atoms with van der Waals surface area (Å²) in [6.07, 6.45) is -0.108. The lowest BCUT2D eigenvalue weighted by molar-refractivity contribution is -0.0125. The Morgan fingerprint density at radius 1 is 0.500 bits per heavy atom. The zero-order valence-electron chi connectivity index (χ0n) is 28.1. The molecule has 50 heavy (non-hydrogen) atoms. The summed E-state index contributed by atoms with van der Waals surface area (Å²) >= 11 is 0. The van der Waals surface area contributed by atoms with E-state index in [2.05, 4.69) is 12.1 Å². The summed E-state index contributed by atoms with van der Waals surface area (Å²) in [5.74, 6) is 3.38. The molecule has 0 aromatic heterocycles. The zero-order chi connectivity index (χ0) is 34.0. The lowest BCUT2D eigenvalue weighted by atomic mass is 9.93. The molecule has 1 aliphatic heterocycles. The van der Waals surface area contributed by atoms with E-state index in [1.54, 1.807) is 7.11 Å². The van der Waals surface area contributed by atoms with E-state index in [-0.39, 0.29) is 6.10 Å². The molecule has 7 rings (SSSR count). The van der Waals surface area contributed by atoms with Gasteiger partial charge in [0.05, 0.1) is 0 Å². The molecule has 6 aromatic carbocycles. The summed E-state index contributed by atoms with van der Waals surface area (Å²) in [6.45, 7) is 1.67. The van der Waals surface area contributed by atoms with E-state index >= 15 is 0 Å². The topological polar surface area (TPSA) is 55.4 Å². The minimum absolute atomic E-state index is 0.282. The van der Waals surface area contributed by atoms with Crippen LogP contribution in [0.5, 0.6) is 28.7 Å². The third-order valence-corrected chi connectivity index (χ3v) is 8.70. The fraction of sp³-hybridized carbons (Fsp3) is 0.182. The van der Waals surface area contributed by atoms with Gasteiger partial charge in [0.2, 0.25) is 0 Å². The number of hydrogen-bond donors (Lipinski definition) is 0. The average molecular weight is 665 g/mol. The van der Waals surface area contributed by atoms with Crippen LogP contribution in [-0.2, 0) is 37.6 Å². The van der Waals surface area contributed by atoms with Crippen LogP contribution >= 0.6 is 0 Å². The first-order chi connectivity index (χ1) is 24.7. The van der Waals surface area contributed by atoms with Crippen LogP contribution in [0, 0.1) is 0 Å². The summed E-state index contributed by atoms with van der Waals surface area (Å²) < 4.78 is 38.3. The van der Waals surface area contributed by atoms with E-state index in [4.69, 9.17) is 28.4 Å². The van der Waals surface area contributed by atoms with Gasteiger partial charge < -0.3 is 28.4 Å². The van der Waals surface area contributed by atoms with Crippen molar-refractivity contribution < 1.29 is 28.4 Å². The Hall–Kier alpha value is -5.72. The molecule has 0 N–H and O–H groups in total. The van der Waals surface area contributed by atoms with E-state index in [1.165, 1.54) is 0 Å². The van der Waals surface area contributed by atoms with Crippen molar-refractivity contribution in [3.8, 4) is 28.7 Å². The van der Waals surface area contributed by atoms with Gasteiger partial charge in [0, 0.05) is 31.2 Å². The Labute approximate surface area is 293 Å². The summed E-state index contributed by atoms with van der Waals surface area (Å²) in [5.41, 5.74) is 6.16. The number of rotatable bonds is 14. The maximum Gasteiger partial charge on any atom is 0.162 e. The summed E-state index contributed by atoms with van der Waals surface area (Å²) in [7, 11) is 1.72. The smallest absolute Gasteiger partial charge is 0.162 e. The van der Waals surface area contributed by atoms with E-state index in [0.29, 0.717) is 61.6 Å². The third kappa shape index (κ3) is 8.28. The van der Waals surface area contributed by atoms with Crippen molar-refractivity contribution in [3.63, 3.8) is 0 Å². The average Bonchev–Trinajstić information content (AvgIpc) is 3.18. The molecular weight excluding hydrogens is 624 g/mol. The highest BCUT2D eigenvalue weighted by Gasteiger charge is 2.35. The SMILES string of the molecule is CO[C@H]1Cc2c(OCc3ccccc3)cc(OCc3ccccc3)cc2O[C@@H]1c1ccc(OCc2ccccc2)c(OCc2ccccc2)c1. The molecule has 6 nitrogen and oxygen atoms in total. The van der Waals surface area contributed by atoms with E-state index in [9.17, 15) is 0 Å². The van der Waals surface area contributed by atoms with Crippen LogP contribution in [-0.4, -0.2) is 13.2 Å². The normalized spacial score (nSPS) is 15.0. The molecule has 0 aliphatic carbocycles. The van der Waals surface area contributed by atoms with Gasteiger partial charge in [0.15, 0.2) is 17.6 Å². The fourth-order valence-electron chi connectivity index (χ4n) is 6.01. The highest BCUT2D eigenvalue weighted by molar-refractivity contribution is 5.53. The number of fused-ring (bicyclic) bond motifs is 1. The highest BCUT2D eigenvalue weighted by atomic mass is 16.5. The standard InChI is InChI=1S/C44H40O6/c1-45-43-27-38-40(48-30-34-18-10-4-11-19-34)25-37(46-28-32-14-6-2-7-15-32)26-41(38)50-44(43)36-22-23-39(47-29-33-16-8-3-9-17-33)42(24-36)49-31-35-20-12-5-13-21-35/h2-26,43-44H,27-31H2,1H3/t43-,44+/m0/s1. The number of benzene rings is 6. The first-order valence-corrected chi connectivity index (χ1v) is 16.9. The van der Waals surface area contributed by atoms with Gasteiger partial charge in [-0.2, -0.15) is 0 Å². The molecule has 252 valence electrons. The number of hydrogen-bond acceptors (Lipinski definition) is 6. The number of ether oxygens (including phenoxy) is 6. The second-order valence-corrected chi connectivity index (χ2v) is 12.2. The summed E-state index contributed by atoms with van der Waals surface area (Å²) in [4.78, 5) is 0. The zero-order valence-corrected chi connectivity index (χ0v) is 28.1. The highest BCUT2D eigenvalue weighted by Crippen LogP contribution is 2.45. The van der Waals surface area contributed by atoms with Crippen molar-refractivity contribution in [2.75, 3.05) is 7.11 Å². The molecule has 0 bridgehead atoms. The summed E-state index contributed by atoms with van der Waals surface area (Å²) in [5, 5.41) is 0. The molecule has 0 saturated heterocycles. The van der Waals surface area contributed by atoms with E-state index in [1.807, 2.05) is 140 Å². The summed E-state index contributed by atoms with van der Waals surface area (Å²) in [6, 6.07) is 50.4. The van der Waals surface area contributed by atoms with Crippen molar-refractivity contribution in [1.82, 2.24) is 0 Å². The van der Waals surface area contributed by atoms with E-state index < -0.39 is 6.10 Å². The molecule has 6 heteroatoms. The van der Waals surface area contributed by atoms with Crippen molar-refractivity contribution in [2.24, 2.45) is 0 Å². The van der Waals surface area contributed by atoms with Gasteiger partial charge in [0.25, 0.3) is 0 Å². The lowest BCUT2D eigenvalue weighted by Crippen LogP contribution is -2.32. The van der Waals surface area contributed by atoms with Crippen LogP contribution in [0.25, 0.3) is 0 Å². The molecule has 0 fully saturated rings. The Morgan fingerprint density at radius 3 is 1.50 bits per heavy atom. The molecule has 2 atom stereocenters. The maximum absolute atomic E-state index is 6.81. The Kier molecular flexibility index (Phi) is 10.6.